The Labute approximate surface area is 138 Å². The van der Waals surface area contributed by atoms with E-state index in [2.05, 4.69) is 35.5 Å². The van der Waals surface area contributed by atoms with Crippen molar-refractivity contribution in [1.29, 1.82) is 0 Å². The molecule has 0 saturated carbocycles. The Balaban J connectivity index is 1.56. The van der Waals surface area contributed by atoms with Crippen LogP contribution in [0, 0.1) is 0 Å². The molecule has 0 amide bonds. The molecule has 4 rings (SSSR count). The van der Waals surface area contributed by atoms with E-state index in [-0.39, 0.29) is 5.56 Å². The minimum Gasteiger partial charge on any atom is -0.368 e. The average molecular weight is 323 g/mol. The number of fused-ring (bicyclic) bond motifs is 1. The van der Waals surface area contributed by atoms with Gasteiger partial charge in [-0.1, -0.05) is 0 Å². The van der Waals surface area contributed by atoms with Crippen LogP contribution in [0.2, 0.25) is 0 Å². The highest BCUT2D eigenvalue weighted by Gasteiger charge is 2.11. The molecule has 0 unspecified atom stereocenters. The molecule has 0 bridgehead atoms. The van der Waals surface area contributed by atoms with Gasteiger partial charge in [0.1, 0.15) is 5.82 Å². The zero-order chi connectivity index (χ0) is 16.4. The Kier molecular flexibility index (Phi) is 3.80. The highest BCUT2D eigenvalue weighted by atomic mass is 16.1. The highest BCUT2D eigenvalue weighted by molar-refractivity contribution is 5.77. The molecule has 3 N–H and O–H groups in total. The van der Waals surface area contributed by atoms with Gasteiger partial charge < -0.3 is 15.5 Å². The summed E-state index contributed by atoms with van der Waals surface area (Å²) in [5, 5.41) is 6.87. The van der Waals surface area contributed by atoms with E-state index >= 15 is 0 Å². The smallest absolute Gasteiger partial charge is 0.260 e. The molecule has 0 aliphatic carbocycles. The molecule has 1 aliphatic rings. The van der Waals surface area contributed by atoms with Gasteiger partial charge in [-0.05, 0) is 18.2 Å². The van der Waals surface area contributed by atoms with Crippen LogP contribution in [0.4, 0.5) is 17.5 Å². The molecule has 4 heterocycles. The molecule has 0 spiro atoms. The van der Waals surface area contributed by atoms with Gasteiger partial charge in [0.25, 0.3) is 5.56 Å². The first-order valence-electron chi connectivity index (χ1n) is 7.82. The van der Waals surface area contributed by atoms with Crippen LogP contribution < -0.4 is 21.1 Å². The first-order chi connectivity index (χ1) is 11.8. The highest BCUT2D eigenvalue weighted by Crippen LogP contribution is 2.17. The quantitative estimate of drug-likeness (QED) is 0.657. The molecule has 1 aliphatic heterocycles. The van der Waals surface area contributed by atoms with Gasteiger partial charge in [0.05, 0.1) is 29.0 Å². The van der Waals surface area contributed by atoms with Gasteiger partial charge in [0, 0.05) is 32.4 Å². The number of nitrogens with one attached hydrogen (secondary N) is 3. The molecule has 0 radical (unpaired) electrons. The van der Waals surface area contributed by atoms with Crippen molar-refractivity contribution in [3.63, 3.8) is 0 Å². The summed E-state index contributed by atoms with van der Waals surface area (Å²) in [7, 11) is 0. The van der Waals surface area contributed by atoms with Crippen molar-refractivity contribution in [2.45, 2.75) is 0 Å². The van der Waals surface area contributed by atoms with Crippen molar-refractivity contribution in [1.82, 2.24) is 25.3 Å². The Bertz CT molecular complexity index is 900. The number of anilines is 3. The van der Waals surface area contributed by atoms with Crippen molar-refractivity contribution in [2.75, 3.05) is 36.4 Å². The summed E-state index contributed by atoms with van der Waals surface area (Å²) in [6.07, 6.45) is 4.97. The second kappa shape index (κ2) is 6.25. The van der Waals surface area contributed by atoms with Crippen molar-refractivity contribution >= 4 is 28.4 Å². The van der Waals surface area contributed by atoms with Crippen LogP contribution in [-0.4, -0.2) is 46.1 Å². The number of hydrogen-bond donors (Lipinski definition) is 3. The van der Waals surface area contributed by atoms with E-state index in [0.717, 1.165) is 31.9 Å². The van der Waals surface area contributed by atoms with E-state index in [4.69, 9.17) is 0 Å². The predicted molar refractivity (Wildman–Crippen MR) is 92.8 cm³/mol. The number of nitrogens with zero attached hydrogens (tertiary/aromatic N) is 4. The van der Waals surface area contributed by atoms with E-state index in [1.807, 2.05) is 18.3 Å². The summed E-state index contributed by atoms with van der Waals surface area (Å²) in [6.45, 7) is 3.91. The molecule has 8 heteroatoms. The third kappa shape index (κ3) is 2.91. The Hall–Kier alpha value is -3.00. The molecule has 122 valence electrons. The minimum atomic E-state index is -0.206. The second-order valence-corrected chi connectivity index (χ2v) is 5.57. The Morgan fingerprint density at radius 3 is 2.79 bits per heavy atom. The van der Waals surface area contributed by atoms with Crippen molar-refractivity contribution < 1.29 is 0 Å². The second-order valence-electron chi connectivity index (χ2n) is 5.57. The van der Waals surface area contributed by atoms with E-state index < -0.39 is 0 Å². The number of piperazine rings is 1. The fourth-order valence-corrected chi connectivity index (χ4v) is 2.74. The molecule has 3 aromatic rings. The fraction of sp³-hybridized carbons (Fsp3) is 0.250. The first-order valence-corrected chi connectivity index (χ1v) is 7.82. The van der Waals surface area contributed by atoms with Gasteiger partial charge in [-0.25, -0.2) is 9.97 Å². The average Bonchev–Trinajstić information content (AvgIpc) is 2.63. The van der Waals surface area contributed by atoms with Crippen LogP contribution in [0.5, 0.6) is 0 Å². The Morgan fingerprint density at radius 1 is 1.12 bits per heavy atom. The lowest BCUT2D eigenvalue weighted by atomic mass is 10.3. The molecule has 24 heavy (non-hydrogen) atoms. The van der Waals surface area contributed by atoms with Crippen LogP contribution in [0.15, 0.2) is 41.6 Å². The molecule has 0 aromatic carbocycles. The first kappa shape index (κ1) is 14.6. The van der Waals surface area contributed by atoms with Gasteiger partial charge in [0.2, 0.25) is 5.95 Å². The summed E-state index contributed by atoms with van der Waals surface area (Å²) in [5.74, 6) is 0.975. The van der Waals surface area contributed by atoms with Gasteiger partial charge in [-0.15, -0.1) is 0 Å². The van der Waals surface area contributed by atoms with Gasteiger partial charge in [-0.3, -0.25) is 14.8 Å². The van der Waals surface area contributed by atoms with Gasteiger partial charge in [-0.2, -0.15) is 0 Å². The lowest BCUT2D eigenvalue weighted by Crippen LogP contribution is -2.43. The monoisotopic (exact) mass is 323 g/mol. The summed E-state index contributed by atoms with van der Waals surface area (Å²) >= 11 is 0. The van der Waals surface area contributed by atoms with E-state index in [1.54, 1.807) is 18.5 Å². The maximum Gasteiger partial charge on any atom is 0.260 e. The summed E-state index contributed by atoms with van der Waals surface area (Å²) in [4.78, 5) is 29.8. The largest absolute Gasteiger partial charge is 0.368 e. The molecule has 3 aromatic heterocycles. The Morgan fingerprint density at radius 2 is 2.00 bits per heavy atom. The molecular weight excluding hydrogens is 306 g/mol. The van der Waals surface area contributed by atoms with Crippen LogP contribution in [-0.2, 0) is 0 Å². The number of aromatic nitrogens is 4. The van der Waals surface area contributed by atoms with E-state index in [0.29, 0.717) is 22.7 Å². The standard InChI is InChI=1S/C16H17N7O/c24-15-12-3-4-18-10-13(12)20-16(22-15)21-14-2-1-11(9-19-14)23-7-5-17-6-8-23/h1-4,9-10,17H,5-8H2,(H2,19,20,21,22,24). The van der Waals surface area contributed by atoms with Crippen molar-refractivity contribution in [3.05, 3.63) is 47.1 Å². The fourth-order valence-electron chi connectivity index (χ4n) is 2.74. The lowest BCUT2D eigenvalue weighted by molar-refractivity contribution is 0.589. The number of H-pyrrole nitrogens is 1. The molecule has 0 atom stereocenters. The number of aromatic amines is 1. The molecular formula is C16H17N7O. The van der Waals surface area contributed by atoms with Gasteiger partial charge in [0.15, 0.2) is 0 Å². The van der Waals surface area contributed by atoms with Gasteiger partial charge >= 0.3 is 0 Å². The summed E-state index contributed by atoms with van der Waals surface area (Å²) in [6, 6.07) is 5.54. The zero-order valence-electron chi connectivity index (χ0n) is 13.0. The van der Waals surface area contributed by atoms with Crippen LogP contribution in [0.1, 0.15) is 0 Å². The number of hydrogen-bond acceptors (Lipinski definition) is 7. The predicted octanol–water partition coefficient (Wildman–Crippen LogP) is 0.866. The van der Waals surface area contributed by atoms with Crippen LogP contribution >= 0.6 is 0 Å². The maximum atomic E-state index is 12.1. The topological polar surface area (TPSA) is 98.8 Å². The number of rotatable bonds is 3. The molecule has 1 fully saturated rings. The molecule has 1 saturated heterocycles. The van der Waals surface area contributed by atoms with E-state index in [1.165, 1.54) is 0 Å². The minimum absolute atomic E-state index is 0.206. The summed E-state index contributed by atoms with van der Waals surface area (Å²) in [5.41, 5.74) is 1.43. The van der Waals surface area contributed by atoms with Crippen LogP contribution in [0.25, 0.3) is 10.9 Å². The van der Waals surface area contributed by atoms with Crippen LogP contribution in [0.3, 0.4) is 0 Å². The number of pyridine rings is 2. The van der Waals surface area contributed by atoms with E-state index in [9.17, 15) is 4.79 Å². The van der Waals surface area contributed by atoms with Crippen molar-refractivity contribution in [3.8, 4) is 0 Å². The maximum absolute atomic E-state index is 12.1. The zero-order valence-corrected chi connectivity index (χ0v) is 13.0. The van der Waals surface area contributed by atoms with Crippen molar-refractivity contribution in [2.24, 2.45) is 0 Å². The molecule has 8 nitrogen and oxygen atoms in total. The summed E-state index contributed by atoms with van der Waals surface area (Å²) < 4.78 is 0. The normalized spacial score (nSPS) is 14.8. The SMILES string of the molecule is O=c1[nH]c(Nc2ccc(N3CCNCC3)cn2)nc2cnccc12. The third-order valence-electron chi connectivity index (χ3n) is 3.99. The third-order valence-corrected chi connectivity index (χ3v) is 3.99. The lowest BCUT2D eigenvalue weighted by Gasteiger charge is -2.29.